The van der Waals surface area contributed by atoms with Crippen molar-refractivity contribution in [2.45, 2.75) is 45.1 Å². The number of amides is 2. The highest BCUT2D eigenvalue weighted by molar-refractivity contribution is 6.30. The molecule has 2 aromatic carbocycles. The standard InChI is InChI=1S/C25H28ClF3N2O6/c1-6-37-24(33)31-14(2)7-19(18-11-21(34-3)22(35-4)12-20(18)31)30(23(32)36-5)13-15-8-16(25(27,28)29)10-17(26)9-15/h8-12,14,19H,6-7,13H2,1-5H3. The van der Waals surface area contributed by atoms with Crippen molar-refractivity contribution < 1.29 is 41.7 Å². The van der Waals surface area contributed by atoms with Crippen LogP contribution in [0.5, 0.6) is 11.5 Å². The number of nitrogens with zero attached hydrogens (tertiary/aromatic N) is 2. The van der Waals surface area contributed by atoms with Gasteiger partial charge in [0.2, 0.25) is 0 Å². The van der Waals surface area contributed by atoms with Crippen molar-refractivity contribution in [3.05, 3.63) is 52.0 Å². The summed E-state index contributed by atoms with van der Waals surface area (Å²) in [6, 6.07) is 5.20. The van der Waals surface area contributed by atoms with E-state index in [1.165, 1.54) is 37.2 Å². The highest BCUT2D eigenvalue weighted by Gasteiger charge is 2.40. The molecule has 1 heterocycles. The number of ether oxygens (including phenoxy) is 4. The van der Waals surface area contributed by atoms with E-state index >= 15 is 0 Å². The van der Waals surface area contributed by atoms with Crippen molar-refractivity contribution in [3.63, 3.8) is 0 Å². The molecule has 0 fully saturated rings. The lowest BCUT2D eigenvalue weighted by atomic mass is 9.90. The number of alkyl halides is 3. The molecule has 0 radical (unpaired) electrons. The summed E-state index contributed by atoms with van der Waals surface area (Å²) in [4.78, 5) is 28.6. The molecule has 2 aromatic rings. The lowest BCUT2D eigenvalue weighted by Crippen LogP contribution is -2.47. The Balaban J connectivity index is 2.16. The van der Waals surface area contributed by atoms with E-state index in [9.17, 15) is 22.8 Å². The maximum atomic E-state index is 13.4. The third-order valence-corrected chi connectivity index (χ3v) is 6.26. The average Bonchev–Trinajstić information content (AvgIpc) is 2.84. The van der Waals surface area contributed by atoms with E-state index in [-0.39, 0.29) is 30.2 Å². The molecule has 0 aromatic heterocycles. The highest BCUT2D eigenvalue weighted by atomic mass is 35.5. The van der Waals surface area contributed by atoms with E-state index in [2.05, 4.69) is 0 Å². The lowest BCUT2D eigenvalue weighted by molar-refractivity contribution is -0.137. The van der Waals surface area contributed by atoms with E-state index in [1.807, 2.05) is 0 Å². The maximum Gasteiger partial charge on any atom is 0.416 e. The summed E-state index contributed by atoms with van der Waals surface area (Å²) in [5, 5.41) is -0.119. The van der Waals surface area contributed by atoms with Crippen molar-refractivity contribution in [1.82, 2.24) is 4.90 Å². The lowest BCUT2D eigenvalue weighted by Gasteiger charge is -2.42. The summed E-state index contributed by atoms with van der Waals surface area (Å²) < 4.78 is 61.3. The SMILES string of the molecule is CCOC(=O)N1c2cc(OC)c(OC)cc2C(N(Cc2cc(Cl)cc(C(F)(F)F)c2)C(=O)OC)CC1C. The Kier molecular flexibility index (Phi) is 8.68. The molecule has 8 nitrogen and oxygen atoms in total. The largest absolute Gasteiger partial charge is 0.493 e. The quantitative estimate of drug-likeness (QED) is 0.416. The van der Waals surface area contributed by atoms with Gasteiger partial charge in [0, 0.05) is 29.2 Å². The first kappa shape index (κ1) is 28.2. The molecule has 12 heteroatoms. The van der Waals surface area contributed by atoms with Gasteiger partial charge in [-0.25, -0.2) is 9.59 Å². The van der Waals surface area contributed by atoms with Gasteiger partial charge in [-0.15, -0.1) is 0 Å². The molecule has 0 aliphatic carbocycles. The number of methoxy groups -OCH3 is 3. The monoisotopic (exact) mass is 544 g/mol. The van der Waals surface area contributed by atoms with Gasteiger partial charge >= 0.3 is 18.4 Å². The molecule has 2 atom stereocenters. The Hall–Kier alpha value is -3.34. The minimum absolute atomic E-state index is 0.119. The number of fused-ring (bicyclic) bond motifs is 1. The van der Waals surface area contributed by atoms with Crippen molar-refractivity contribution in [2.75, 3.05) is 32.8 Å². The van der Waals surface area contributed by atoms with Gasteiger partial charge in [-0.2, -0.15) is 13.2 Å². The zero-order valence-corrected chi connectivity index (χ0v) is 21.8. The van der Waals surface area contributed by atoms with Gasteiger partial charge in [0.1, 0.15) is 0 Å². The van der Waals surface area contributed by atoms with Crippen LogP contribution in [0.25, 0.3) is 0 Å². The number of hydrogen-bond donors (Lipinski definition) is 0. The second-order valence-corrected chi connectivity index (χ2v) is 8.82. The Bertz CT molecular complexity index is 1160. The summed E-state index contributed by atoms with van der Waals surface area (Å²) in [5.41, 5.74) is 0.146. The molecule has 2 amide bonds. The van der Waals surface area contributed by atoms with Crippen molar-refractivity contribution in [1.29, 1.82) is 0 Å². The van der Waals surface area contributed by atoms with Crippen LogP contribution in [-0.2, 0) is 22.2 Å². The summed E-state index contributed by atoms with van der Waals surface area (Å²) in [7, 11) is 4.07. The number of anilines is 1. The Morgan fingerprint density at radius 1 is 1.08 bits per heavy atom. The third kappa shape index (κ3) is 5.98. The smallest absolute Gasteiger partial charge is 0.416 e. The van der Waals surface area contributed by atoms with Gasteiger partial charge in [0.05, 0.1) is 45.2 Å². The second kappa shape index (κ2) is 11.4. The first-order valence-corrected chi connectivity index (χ1v) is 11.8. The molecule has 0 N–H and O–H groups in total. The molecule has 2 unspecified atom stereocenters. The van der Waals surface area contributed by atoms with E-state index < -0.39 is 36.0 Å². The van der Waals surface area contributed by atoms with Crippen molar-refractivity contribution in [2.24, 2.45) is 0 Å². The van der Waals surface area contributed by atoms with Crippen molar-refractivity contribution >= 4 is 29.5 Å². The molecule has 1 aliphatic heterocycles. The van der Waals surface area contributed by atoms with Crippen LogP contribution >= 0.6 is 11.6 Å². The molecule has 0 saturated carbocycles. The first-order valence-electron chi connectivity index (χ1n) is 11.4. The van der Waals surface area contributed by atoms with Gasteiger partial charge in [0.15, 0.2) is 11.5 Å². The van der Waals surface area contributed by atoms with Crippen LogP contribution in [0.2, 0.25) is 5.02 Å². The van der Waals surface area contributed by atoms with Gasteiger partial charge in [-0.3, -0.25) is 9.80 Å². The Morgan fingerprint density at radius 3 is 2.30 bits per heavy atom. The number of benzene rings is 2. The predicted molar refractivity (Wildman–Crippen MR) is 130 cm³/mol. The minimum atomic E-state index is -4.62. The fourth-order valence-corrected chi connectivity index (χ4v) is 4.70. The highest BCUT2D eigenvalue weighted by Crippen LogP contribution is 2.46. The minimum Gasteiger partial charge on any atom is -0.493 e. The zero-order valence-electron chi connectivity index (χ0n) is 21.0. The van der Waals surface area contributed by atoms with Crippen LogP contribution in [-0.4, -0.2) is 51.1 Å². The molecule has 1 aliphatic rings. The summed E-state index contributed by atoms with van der Waals surface area (Å²) in [6.07, 6.45) is -5.73. The van der Waals surface area contributed by atoms with Crippen molar-refractivity contribution in [3.8, 4) is 11.5 Å². The number of hydrogen-bond acceptors (Lipinski definition) is 6. The van der Waals surface area contributed by atoms with Gasteiger partial charge in [-0.1, -0.05) is 11.6 Å². The molecule has 37 heavy (non-hydrogen) atoms. The van der Waals surface area contributed by atoms with Crippen LogP contribution in [0.4, 0.5) is 28.4 Å². The van der Waals surface area contributed by atoms with E-state index in [0.717, 1.165) is 12.1 Å². The normalized spacial score (nSPS) is 17.1. The van der Waals surface area contributed by atoms with E-state index in [1.54, 1.807) is 26.0 Å². The van der Waals surface area contributed by atoms with Crippen LogP contribution in [0.15, 0.2) is 30.3 Å². The molecule has 0 bridgehead atoms. The summed E-state index contributed by atoms with van der Waals surface area (Å²) in [5.74, 6) is 0.689. The number of carbonyl (C=O) groups excluding carboxylic acids is 2. The topological polar surface area (TPSA) is 77.5 Å². The predicted octanol–water partition coefficient (Wildman–Crippen LogP) is 6.44. The van der Waals surface area contributed by atoms with E-state index in [0.29, 0.717) is 22.7 Å². The Labute approximate surface area is 217 Å². The molecular weight excluding hydrogens is 517 g/mol. The molecule has 3 rings (SSSR count). The number of rotatable bonds is 6. The summed E-state index contributed by atoms with van der Waals surface area (Å²) >= 11 is 5.98. The average molecular weight is 545 g/mol. The molecule has 202 valence electrons. The van der Waals surface area contributed by atoms with E-state index in [4.69, 9.17) is 30.5 Å². The molecule has 0 saturated heterocycles. The molecular formula is C25H28ClF3N2O6. The third-order valence-electron chi connectivity index (χ3n) is 6.04. The van der Waals surface area contributed by atoms with Gasteiger partial charge in [-0.05, 0) is 50.1 Å². The van der Waals surface area contributed by atoms with Gasteiger partial charge < -0.3 is 18.9 Å². The second-order valence-electron chi connectivity index (χ2n) is 8.38. The van der Waals surface area contributed by atoms with Crippen LogP contribution in [0.1, 0.15) is 43.0 Å². The van der Waals surface area contributed by atoms with Crippen LogP contribution < -0.4 is 14.4 Å². The fourth-order valence-electron chi connectivity index (χ4n) is 4.44. The van der Waals surface area contributed by atoms with Crippen LogP contribution in [0, 0.1) is 0 Å². The first-order chi connectivity index (χ1) is 17.4. The summed E-state index contributed by atoms with van der Waals surface area (Å²) in [6.45, 7) is 3.38. The number of halogens is 4. The maximum absolute atomic E-state index is 13.4. The van der Waals surface area contributed by atoms with Gasteiger partial charge in [0.25, 0.3) is 0 Å². The zero-order chi connectivity index (χ0) is 27.5. The number of carbonyl (C=O) groups is 2. The van der Waals surface area contributed by atoms with Crippen LogP contribution in [0.3, 0.4) is 0 Å². The molecule has 0 spiro atoms. The fraction of sp³-hybridized carbons (Fsp3) is 0.440. The Morgan fingerprint density at radius 2 is 1.73 bits per heavy atom.